The monoisotopic (exact) mass is 351 g/mol. The molecule has 0 heterocycles. The Morgan fingerprint density at radius 1 is 1.05 bits per heavy atom. The number of hydrogen-bond donors (Lipinski definition) is 1. The number of rotatable bonds is 4. The minimum atomic E-state index is -3.47. The van der Waals surface area contributed by atoms with Gasteiger partial charge in [0.05, 0.1) is 15.1 Å². The van der Waals surface area contributed by atoms with Gasteiger partial charge in [0, 0.05) is 16.9 Å². The maximum Gasteiger partial charge on any atom is 0.182 e. The summed E-state index contributed by atoms with van der Waals surface area (Å²) in [7, 11) is -3.47. The van der Waals surface area contributed by atoms with Crippen molar-refractivity contribution >= 4 is 38.6 Å². The van der Waals surface area contributed by atoms with E-state index >= 15 is 0 Å². The minimum absolute atomic E-state index is 0.208. The van der Waals surface area contributed by atoms with E-state index in [0.717, 1.165) is 5.56 Å². The summed E-state index contributed by atoms with van der Waals surface area (Å²) < 4.78 is 25.6. The Kier molecular flexibility index (Phi) is 3.97. The molecule has 3 atom stereocenters. The van der Waals surface area contributed by atoms with Gasteiger partial charge in [-0.3, -0.25) is 0 Å². The number of sulfone groups is 1. The Labute approximate surface area is 140 Å². The summed E-state index contributed by atoms with van der Waals surface area (Å²) in [6, 6.07) is 15.6. The maximum atomic E-state index is 12.8. The molecule has 1 aliphatic rings. The molecule has 1 fully saturated rings. The fourth-order valence-electron chi connectivity index (χ4n) is 2.86. The average molecular weight is 352 g/mol. The van der Waals surface area contributed by atoms with E-state index in [4.69, 9.17) is 29.6 Å². The van der Waals surface area contributed by atoms with Gasteiger partial charge in [-0.2, -0.15) is 0 Å². The summed E-state index contributed by atoms with van der Waals surface area (Å²) in [6.07, 6.45) is 0. The highest BCUT2D eigenvalue weighted by molar-refractivity contribution is 7.92. The summed E-state index contributed by atoms with van der Waals surface area (Å²) in [5.41, 5.74) is 6.66. The predicted octanol–water partition coefficient (Wildman–Crippen LogP) is 3.18. The Morgan fingerprint density at radius 2 is 1.64 bits per heavy atom. The lowest BCUT2D eigenvalue weighted by atomic mass is 10.1. The molecule has 0 bridgehead atoms. The highest BCUT2D eigenvalue weighted by Gasteiger charge is 2.60. The molecule has 6 heteroatoms. The lowest BCUT2D eigenvalue weighted by Gasteiger charge is -2.04. The molecule has 22 heavy (non-hydrogen) atoms. The number of hydrogen-bond acceptors (Lipinski definition) is 3. The highest BCUT2D eigenvalue weighted by Crippen LogP contribution is 2.54. The fraction of sp³-hybridized carbons (Fsp3) is 0.188. The molecule has 114 valence electrons. The lowest BCUT2D eigenvalue weighted by molar-refractivity contribution is 0.593. The molecule has 3 nitrogen and oxygen atoms in total. The van der Waals surface area contributed by atoms with Crippen molar-refractivity contribution in [2.24, 2.45) is 11.7 Å². The van der Waals surface area contributed by atoms with Gasteiger partial charge in [0.1, 0.15) is 0 Å². The van der Waals surface area contributed by atoms with E-state index in [1.54, 1.807) is 42.5 Å². The number of thiocarbonyl (C=S) groups is 1. The van der Waals surface area contributed by atoms with E-state index in [9.17, 15) is 8.42 Å². The summed E-state index contributed by atoms with van der Waals surface area (Å²) in [5.74, 6) is -0.540. The standard InChI is InChI=1S/C16H14ClNO2S2/c17-11-8-6-10(7-9-11)13-14(16(18)21)15(13)22(19,20)12-4-2-1-3-5-12/h1-9,13-15H,(H2,18,21)/t13-,14-,15+/m1/s1. The second kappa shape index (κ2) is 5.65. The molecule has 2 aromatic rings. The lowest BCUT2D eigenvalue weighted by Crippen LogP contribution is -2.17. The Balaban J connectivity index is 1.99. The quantitative estimate of drug-likeness (QED) is 0.859. The summed E-state index contributed by atoms with van der Waals surface area (Å²) in [6.45, 7) is 0. The zero-order valence-corrected chi connectivity index (χ0v) is 13.9. The van der Waals surface area contributed by atoms with Crippen LogP contribution in [-0.4, -0.2) is 18.7 Å². The first kappa shape index (κ1) is 15.5. The first-order valence-corrected chi connectivity index (χ1v) is 9.10. The topological polar surface area (TPSA) is 60.2 Å². The van der Waals surface area contributed by atoms with Crippen LogP contribution >= 0.6 is 23.8 Å². The normalized spacial score (nSPS) is 24.0. The van der Waals surface area contributed by atoms with Gasteiger partial charge in [-0.05, 0) is 29.8 Å². The molecule has 0 aliphatic heterocycles. The molecule has 3 rings (SSSR count). The van der Waals surface area contributed by atoms with Crippen molar-refractivity contribution in [1.82, 2.24) is 0 Å². The van der Waals surface area contributed by atoms with Crippen molar-refractivity contribution < 1.29 is 8.42 Å². The van der Waals surface area contributed by atoms with E-state index in [2.05, 4.69) is 0 Å². The molecule has 0 amide bonds. The molecule has 0 aromatic heterocycles. The molecule has 1 aliphatic carbocycles. The summed E-state index contributed by atoms with van der Waals surface area (Å²) in [5, 5.41) is 0.00678. The fourth-order valence-corrected chi connectivity index (χ4v) is 5.54. The molecular formula is C16H14ClNO2S2. The van der Waals surface area contributed by atoms with E-state index in [1.165, 1.54) is 0 Å². The molecule has 2 aromatic carbocycles. The highest BCUT2D eigenvalue weighted by atomic mass is 35.5. The Hall–Kier alpha value is -1.43. The molecule has 0 radical (unpaired) electrons. The number of halogens is 1. The molecule has 1 saturated carbocycles. The average Bonchev–Trinajstić information content (AvgIpc) is 3.25. The van der Waals surface area contributed by atoms with Crippen LogP contribution in [0, 0.1) is 5.92 Å². The van der Waals surface area contributed by atoms with Crippen LogP contribution in [0.4, 0.5) is 0 Å². The Morgan fingerprint density at radius 3 is 2.18 bits per heavy atom. The van der Waals surface area contributed by atoms with Gasteiger partial charge in [-0.1, -0.05) is 54.2 Å². The number of benzene rings is 2. The predicted molar refractivity (Wildman–Crippen MR) is 91.9 cm³/mol. The zero-order chi connectivity index (χ0) is 15.9. The third-order valence-corrected chi connectivity index (χ3v) is 6.72. The van der Waals surface area contributed by atoms with Gasteiger partial charge in [-0.15, -0.1) is 0 Å². The van der Waals surface area contributed by atoms with Crippen LogP contribution in [0.1, 0.15) is 11.5 Å². The van der Waals surface area contributed by atoms with Gasteiger partial charge in [0.2, 0.25) is 0 Å². The first-order chi connectivity index (χ1) is 10.4. The molecular weight excluding hydrogens is 338 g/mol. The second-order valence-corrected chi connectivity index (χ2v) is 8.34. The summed E-state index contributed by atoms with van der Waals surface area (Å²) in [4.78, 5) is 0.544. The van der Waals surface area contributed by atoms with Crippen molar-refractivity contribution in [3.05, 3.63) is 65.2 Å². The zero-order valence-electron chi connectivity index (χ0n) is 11.5. The molecule has 2 N–H and O–H groups in total. The largest absolute Gasteiger partial charge is 0.393 e. The maximum absolute atomic E-state index is 12.8. The van der Waals surface area contributed by atoms with Gasteiger partial charge < -0.3 is 5.73 Å². The van der Waals surface area contributed by atoms with Crippen molar-refractivity contribution in [3.63, 3.8) is 0 Å². The first-order valence-electron chi connectivity index (χ1n) is 6.76. The van der Waals surface area contributed by atoms with Crippen molar-refractivity contribution in [3.8, 4) is 0 Å². The van der Waals surface area contributed by atoms with E-state index in [0.29, 0.717) is 9.92 Å². The van der Waals surface area contributed by atoms with Crippen LogP contribution in [-0.2, 0) is 9.84 Å². The smallest absolute Gasteiger partial charge is 0.182 e. The van der Waals surface area contributed by atoms with Crippen molar-refractivity contribution in [2.75, 3.05) is 0 Å². The SMILES string of the molecule is NC(=S)[C@@H]1[C@@H](c2ccc(Cl)cc2)[C@@H]1S(=O)(=O)c1ccccc1. The van der Waals surface area contributed by atoms with Crippen LogP contribution in [0.5, 0.6) is 0 Å². The van der Waals surface area contributed by atoms with Gasteiger partial charge >= 0.3 is 0 Å². The van der Waals surface area contributed by atoms with Gasteiger partial charge in [-0.25, -0.2) is 8.42 Å². The second-order valence-electron chi connectivity index (χ2n) is 5.33. The summed E-state index contributed by atoms with van der Waals surface area (Å²) >= 11 is 11.0. The van der Waals surface area contributed by atoms with Crippen LogP contribution in [0.25, 0.3) is 0 Å². The molecule has 0 spiro atoms. The van der Waals surface area contributed by atoms with Gasteiger partial charge in [0.15, 0.2) is 9.84 Å². The van der Waals surface area contributed by atoms with Gasteiger partial charge in [0.25, 0.3) is 0 Å². The van der Waals surface area contributed by atoms with Crippen molar-refractivity contribution in [2.45, 2.75) is 16.1 Å². The van der Waals surface area contributed by atoms with E-state index in [-0.39, 0.29) is 16.8 Å². The molecule has 0 unspecified atom stereocenters. The molecule has 0 saturated heterocycles. The number of nitrogens with two attached hydrogens (primary N) is 1. The minimum Gasteiger partial charge on any atom is -0.393 e. The van der Waals surface area contributed by atoms with Crippen LogP contribution < -0.4 is 5.73 Å². The van der Waals surface area contributed by atoms with E-state index in [1.807, 2.05) is 12.1 Å². The van der Waals surface area contributed by atoms with Crippen LogP contribution in [0.2, 0.25) is 5.02 Å². The van der Waals surface area contributed by atoms with E-state index < -0.39 is 15.1 Å². The Bertz CT molecular complexity index is 804. The third-order valence-electron chi connectivity index (χ3n) is 3.97. The van der Waals surface area contributed by atoms with Crippen LogP contribution in [0.3, 0.4) is 0 Å². The third kappa shape index (κ3) is 2.64. The van der Waals surface area contributed by atoms with Crippen LogP contribution in [0.15, 0.2) is 59.5 Å². The van der Waals surface area contributed by atoms with Crippen molar-refractivity contribution in [1.29, 1.82) is 0 Å².